The molecule has 0 radical (unpaired) electrons. The van der Waals surface area contributed by atoms with Gasteiger partial charge in [-0.05, 0) is 93.1 Å². The number of likely N-dealkylation sites (N-methyl/N-ethyl adjacent to an activating group) is 1. The molecule has 66 heavy (non-hydrogen) atoms. The minimum Gasteiger partial charge on any atom is -0.491 e. The highest BCUT2D eigenvalue weighted by Crippen LogP contribution is 2.52. The Kier molecular flexibility index (Phi) is 14.6. The van der Waals surface area contributed by atoms with Gasteiger partial charge in [0.2, 0.25) is 5.91 Å². The molecule has 2 heterocycles. The molecule has 5 aromatic carbocycles. The highest BCUT2D eigenvalue weighted by molar-refractivity contribution is 7.99. The van der Waals surface area contributed by atoms with Crippen molar-refractivity contribution in [3.05, 3.63) is 82.5 Å². The average Bonchev–Trinajstić information content (AvgIpc) is 3.32. The van der Waals surface area contributed by atoms with E-state index < -0.39 is 47.6 Å². The van der Waals surface area contributed by atoms with Crippen LogP contribution in [0, 0.1) is 0 Å². The van der Waals surface area contributed by atoms with Crippen molar-refractivity contribution in [1.29, 1.82) is 0 Å². The molecule has 5 aromatic rings. The number of aliphatic carboxylic acids is 1. The highest BCUT2D eigenvalue weighted by Gasteiger charge is 2.41. The number of imide groups is 2. The predicted molar refractivity (Wildman–Crippen MR) is 256 cm³/mol. The quantitative estimate of drug-likeness (QED) is 0.0219. The van der Waals surface area contributed by atoms with E-state index in [2.05, 4.69) is 10.6 Å². The maximum Gasteiger partial charge on any atom is 0.326 e. The molecular formula is C51H56N4O10S. The van der Waals surface area contributed by atoms with Gasteiger partial charge in [-0.15, -0.1) is 11.8 Å². The number of aliphatic hydroxyl groups excluding tert-OH is 1. The van der Waals surface area contributed by atoms with Gasteiger partial charge in [0.25, 0.3) is 23.6 Å². The summed E-state index contributed by atoms with van der Waals surface area (Å²) >= 11 is 1.31. The summed E-state index contributed by atoms with van der Waals surface area (Å²) in [6, 6.07) is 7.85. The molecule has 2 unspecified atom stereocenters. The van der Waals surface area contributed by atoms with Crippen LogP contribution in [0.3, 0.4) is 0 Å². The molecule has 346 valence electrons. The first-order valence-electron chi connectivity index (χ1n) is 22.7. The number of allylic oxidation sites excluding steroid dienone is 3. The van der Waals surface area contributed by atoms with Crippen LogP contribution in [-0.4, -0.2) is 112 Å². The van der Waals surface area contributed by atoms with Gasteiger partial charge in [0.05, 0.1) is 18.2 Å². The van der Waals surface area contributed by atoms with Gasteiger partial charge in [-0.1, -0.05) is 58.1 Å². The third kappa shape index (κ3) is 8.21. The number of ether oxygens (including phenoxy) is 1. The second-order valence-electron chi connectivity index (χ2n) is 16.6. The Bertz CT molecular complexity index is 2840. The van der Waals surface area contributed by atoms with Crippen LogP contribution in [-0.2, 0) is 14.4 Å². The molecule has 3 aliphatic rings. The number of aldehydes is 1. The van der Waals surface area contributed by atoms with Crippen LogP contribution in [0.1, 0.15) is 121 Å². The van der Waals surface area contributed by atoms with Crippen LogP contribution in [0.5, 0.6) is 5.75 Å². The van der Waals surface area contributed by atoms with E-state index in [-0.39, 0.29) is 37.5 Å². The Morgan fingerprint density at radius 2 is 1.29 bits per heavy atom. The molecule has 2 aliphatic heterocycles. The van der Waals surface area contributed by atoms with Gasteiger partial charge in [-0.2, -0.15) is 0 Å². The molecule has 15 heteroatoms. The summed E-state index contributed by atoms with van der Waals surface area (Å²) in [5, 5.41) is 30.5. The SMILES string of the molecule is CC=O.CCC(CC)N1C(=O)c2ccc3c4c(SCC(NC)C(=O)NC(CC5=CCCC=C5)C(=O)O)cc5c6c(ccc(c7c(OCCO)cc(c2c37)C1=O)c64)C(=O)N(C(CC)CC)C5=O. The first kappa shape index (κ1) is 47.8. The smallest absolute Gasteiger partial charge is 0.326 e. The van der Waals surface area contributed by atoms with E-state index in [1.165, 1.54) is 28.5 Å². The van der Waals surface area contributed by atoms with Gasteiger partial charge in [0.1, 0.15) is 24.7 Å². The number of hydrogen-bond donors (Lipinski definition) is 4. The van der Waals surface area contributed by atoms with Crippen molar-refractivity contribution in [3.63, 3.8) is 0 Å². The summed E-state index contributed by atoms with van der Waals surface area (Å²) in [7, 11) is 1.62. The summed E-state index contributed by atoms with van der Waals surface area (Å²) in [6.07, 6.45) is 10.7. The Morgan fingerprint density at radius 3 is 1.79 bits per heavy atom. The monoisotopic (exact) mass is 916 g/mol. The largest absolute Gasteiger partial charge is 0.491 e. The van der Waals surface area contributed by atoms with E-state index in [4.69, 9.17) is 9.53 Å². The number of carboxylic acid groups (broad SMARTS) is 1. The zero-order chi connectivity index (χ0) is 47.6. The lowest BCUT2D eigenvalue weighted by Crippen LogP contribution is -2.50. The number of fused-ring (bicyclic) bond motifs is 2. The summed E-state index contributed by atoms with van der Waals surface area (Å²) in [4.78, 5) is 96.4. The number of carbonyl (C=O) groups is 7. The number of carbonyl (C=O) groups excluding carboxylic acids is 6. The number of nitrogens with zero attached hydrogens (tertiary/aromatic N) is 2. The first-order chi connectivity index (χ1) is 31.8. The zero-order valence-corrected chi connectivity index (χ0v) is 38.9. The van der Waals surface area contributed by atoms with Gasteiger partial charge in [-0.3, -0.25) is 33.8 Å². The molecule has 5 amide bonds. The zero-order valence-electron chi connectivity index (χ0n) is 38.1. The van der Waals surface area contributed by atoms with E-state index in [1.54, 1.807) is 31.3 Å². The van der Waals surface area contributed by atoms with Crippen LogP contribution in [0.4, 0.5) is 0 Å². The van der Waals surface area contributed by atoms with Crippen molar-refractivity contribution in [3.8, 4) is 5.75 Å². The number of hydrogen-bond acceptors (Lipinski definition) is 11. The van der Waals surface area contributed by atoms with E-state index in [0.717, 1.165) is 24.7 Å². The molecule has 8 rings (SSSR count). The number of nitrogens with one attached hydrogen (secondary N) is 2. The van der Waals surface area contributed by atoms with Crippen LogP contribution in [0.2, 0.25) is 0 Å². The Labute approximate surface area is 387 Å². The minimum atomic E-state index is -1.16. The van der Waals surface area contributed by atoms with Gasteiger partial charge < -0.3 is 30.4 Å². The van der Waals surface area contributed by atoms with Crippen molar-refractivity contribution in [2.24, 2.45) is 0 Å². The summed E-state index contributed by atoms with van der Waals surface area (Å²) in [5.74, 6) is -2.91. The van der Waals surface area contributed by atoms with Crippen LogP contribution in [0.25, 0.3) is 43.1 Å². The highest BCUT2D eigenvalue weighted by atomic mass is 32.2. The maximum atomic E-state index is 14.7. The molecule has 2 atom stereocenters. The summed E-state index contributed by atoms with van der Waals surface area (Å²) < 4.78 is 6.26. The second kappa shape index (κ2) is 20.1. The molecule has 0 fully saturated rings. The lowest BCUT2D eigenvalue weighted by Gasteiger charge is -2.35. The van der Waals surface area contributed by atoms with E-state index in [1.807, 2.05) is 58.1 Å². The lowest BCUT2D eigenvalue weighted by molar-refractivity contribution is -0.142. The number of amides is 5. The van der Waals surface area contributed by atoms with E-state index >= 15 is 0 Å². The van der Waals surface area contributed by atoms with Crippen LogP contribution >= 0.6 is 11.8 Å². The predicted octanol–water partition coefficient (Wildman–Crippen LogP) is 7.80. The molecule has 14 nitrogen and oxygen atoms in total. The molecule has 1 aliphatic carbocycles. The van der Waals surface area contributed by atoms with Gasteiger partial charge in [-0.25, -0.2) is 4.79 Å². The van der Waals surface area contributed by atoms with Crippen molar-refractivity contribution >= 4 is 96.6 Å². The average molecular weight is 917 g/mol. The summed E-state index contributed by atoms with van der Waals surface area (Å²) in [5.41, 5.74) is 2.17. The lowest BCUT2D eigenvalue weighted by atomic mass is 9.81. The topological polar surface area (TPSA) is 200 Å². The Hall–Kier alpha value is -6.16. The van der Waals surface area contributed by atoms with Crippen LogP contribution in [0.15, 0.2) is 65.1 Å². The molecule has 4 N–H and O–H groups in total. The van der Waals surface area contributed by atoms with Gasteiger partial charge in [0, 0.05) is 78.2 Å². The molecule has 0 spiro atoms. The van der Waals surface area contributed by atoms with Crippen molar-refractivity contribution in [1.82, 2.24) is 20.4 Å². The maximum absolute atomic E-state index is 14.7. The van der Waals surface area contributed by atoms with E-state index in [9.17, 15) is 39.0 Å². The molecule has 0 aromatic heterocycles. The number of thioether (sulfide) groups is 1. The second-order valence-corrected chi connectivity index (χ2v) is 17.7. The normalized spacial score (nSPS) is 15.6. The third-order valence-electron chi connectivity index (χ3n) is 13.0. The molecule has 0 bridgehead atoms. The number of aliphatic hydroxyl groups is 1. The third-order valence-corrected chi connectivity index (χ3v) is 14.1. The Balaban J connectivity index is 0.00000210. The van der Waals surface area contributed by atoms with Gasteiger partial charge >= 0.3 is 5.97 Å². The van der Waals surface area contributed by atoms with Gasteiger partial charge in [0.15, 0.2) is 0 Å². The fourth-order valence-electron chi connectivity index (χ4n) is 9.77. The van der Waals surface area contributed by atoms with Crippen LogP contribution < -0.4 is 15.4 Å². The standard InChI is InChI=1S/C49H52N4O9S.C2H4O/c1-6-26(7-2)52-45(56)30-18-16-29-41-37(63-24-35(50-5)44(55)51-34(49(60)61)21-25-13-11-10-12-14-25)23-33-39-31(46(57)53(48(33)59)27(8-3)9-4)17-15-28(43(39)41)40-36(62-20-19-54)22-32(47(52)58)38(30)42(29)40;1-2-3/h11,13-18,22-23,26-27,34-35,50,54H,6-10,12,19-21,24H2,1-5H3,(H,51,55)(H,60,61);2H,1H3. The van der Waals surface area contributed by atoms with E-state index in [0.29, 0.717) is 102 Å². The first-order valence-corrected chi connectivity index (χ1v) is 23.7. The summed E-state index contributed by atoms with van der Waals surface area (Å²) in [6.45, 7) is 8.81. The van der Waals surface area contributed by atoms with Crippen molar-refractivity contribution < 1.29 is 48.5 Å². The number of benzene rings is 5. The fraction of sp³-hybridized carbons (Fsp3) is 0.392. The molecular weight excluding hydrogens is 861 g/mol. The number of rotatable bonds is 18. The number of carboxylic acids is 1. The molecule has 0 saturated carbocycles. The Morgan fingerprint density at radius 1 is 0.758 bits per heavy atom. The molecule has 0 saturated heterocycles. The minimum absolute atomic E-state index is 0.0859. The fourth-order valence-corrected chi connectivity index (χ4v) is 11.0. The van der Waals surface area contributed by atoms with Crippen molar-refractivity contribution in [2.45, 2.75) is 109 Å². The van der Waals surface area contributed by atoms with Crippen molar-refractivity contribution in [2.75, 3.05) is 26.0 Å².